The highest BCUT2D eigenvalue weighted by molar-refractivity contribution is 6.03. The van der Waals surface area contributed by atoms with Crippen molar-refractivity contribution in [1.82, 2.24) is 14.8 Å². The van der Waals surface area contributed by atoms with Crippen molar-refractivity contribution in [3.63, 3.8) is 0 Å². The second-order valence-electron chi connectivity index (χ2n) is 8.81. The quantitative estimate of drug-likeness (QED) is 0.667. The van der Waals surface area contributed by atoms with E-state index in [4.69, 9.17) is 4.74 Å². The van der Waals surface area contributed by atoms with Crippen molar-refractivity contribution in [3.05, 3.63) is 71.7 Å². The number of aromatic nitrogens is 1. The van der Waals surface area contributed by atoms with Crippen LogP contribution in [0.4, 0.5) is 4.39 Å². The van der Waals surface area contributed by atoms with E-state index < -0.39 is 5.54 Å². The highest BCUT2D eigenvalue weighted by Crippen LogP contribution is 2.33. The highest BCUT2D eigenvalue weighted by atomic mass is 19.1. The normalized spacial score (nSPS) is 22.9. The standard InChI is InChI=1S/C25H26FN3O3/c1-25(24(31)27-14-20-9-5-11-32-20)16-28-21-10-3-2-7-18(21)13-22(28)23(30)29(25)15-17-6-4-8-19(26)12-17/h2-4,6-8,10,12-13,20H,5,9,11,14-16H2,1H3,(H,27,31)/t20-,25+/m1/s1. The van der Waals surface area contributed by atoms with Crippen molar-refractivity contribution in [2.75, 3.05) is 13.2 Å². The Hall–Kier alpha value is -3.19. The molecule has 0 radical (unpaired) electrons. The van der Waals surface area contributed by atoms with Crippen LogP contribution < -0.4 is 5.32 Å². The number of para-hydroxylation sites is 1. The molecule has 0 saturated carbocycles. The fourth-order valence-electron chi connectivity index (χ4n) is 4.77. The van der Waals surface area contributed by atoms with Gasteiger partial charge in [0, 0.05) is 30.6 Å². The van der Waals surface area contributed by atoms with Crippen molar-refractivity contribution >= 4 is 22.7 Å². The van der Waals surface area contributed by atoms with Crippen LogP contribution in [0.15, 0.2) is 54.6 Å². The summed E-state index contributed by atoms with van der Waals surface area (Å²) in [5.74, 6) is -0.849. The Bertz CT molecular complexity index is 1180. The fraction of sp³-hybridized carbons (Fsp3) is 0.360. The molecule has 2 aromatic carbocycles. The molecule has 3 heterocycles. The van der Waals surface area contributed by atoms with E-state index in [1.54, 1.807) is 24.0 Å². The van der Waals surface area contributed by atoms with Crippen LogP contribution in [0, 0.1) is 5.82 Å². The van der Waals surface area contributed by atoms with Gasteiger partial charge in [-0.1, -0.05) is 30.3 Å². The lowest BCUT2D eigenvalue weighted by Crippen LogP contribution is -2.64. The third-order valence-corrected chi connectivity index (χ3v) is 6.57. The van der Waals surface area contributed by atoms with Gasteiger partial charge in [-0.25, -0.2) is 4.39 Å². The summed E-state index contributed by atoms with van der Waals surface area (Å²) in [5.41, 5.74) is 0.948. The average molecular weight is 435 g/mol. The minimum atomic E-state index is -1.14. The summed E-state index contributed by atoms with van der Waals surface area (Å²) in [5, 5.41) is 3.96. The summed E-state index contributed by atoms with van der Waals surface area (Å²) in [6.45, 7) is 3.36. The van der Waals surface area contributed by atoms with E-state index in [2.05, 4.69) is 5.32 Å². The van der Waals surface area contributed by atoms with Gasteiger partial charge in [0.05, 0.1) is 12.6 Å². The molecule has 1 fully saturated rings. The lowest BCUT2D eigenvalue weighted by Gasteiger charge is -2.44. The summed E-state index contributed by atoms with van der Waals surface area (Å²) >= 11 is 0. The molecule has 0 aliphatic carbocycles. The van der Waals surface area contributed by atoms with E-state index in [0.717, 1.165) is 23.7 Å². The number of nitrogens with zero attached hydrogens (tertiary/aromatic N) is 2. The van der Waals surface area contributed by atoms with E-state index >= 15 is 0 Å². The number of carbonyl (C=O) groups excluding carboxylic acids is 2. The Morgan fingerprint density at radius 2 is 2.06 bits per heavy atom. The summed E-state index contributed by atoms with van der Waals surface area (Å²) in [6.07, 6.45) is 1.90. The van der Waals surface area contributed by atoms with Gasteiger partial charge in [0.25, 0.3) is 5.91 Å². The number of hydrogen-bond acceptors (Lipinski definition) is 3. The second-order valence-corrected chi connectivity index (χ2v) is 8.81. The minimum absolute atomic E-state index is 0.00137. The summed E-state index contributed by atoms with van der Waals surface area (Å²) in [6, 6.07) is 15.8. The summed E-state index contributed by atoms with van der Waals surface area (Å²) in [7, 11) is 0. The minimum Gasteiger partial charge on any atom is -0.376 e. The molecule has 6 nitrogen and oxygen atoms in total. The van der Waals surface area contributed by atoms with Gasteiger partial charge in [-0.2, -0.15) is 0 Å². The summed E-state index contributed by atoms with van der Waals surface area (Å²) < 4.78 is 21.4. The fourth-order valence-corrected chi connectivity index (χ4v) is 4.77. The molecule has 32 heavy (non-hydrogen) atoms. The van der Waals surface area contributed by atoms with Crippen molar-refractivity contribution in [3.8, 4) is 0 Å². The Kier molecular flexibility index (Phi) is 5.21. The molecule has 2 amide bonds. The van der Waals surface area contributed by atoms with Gasteiger partial charge >= 0.3 is 0 Å². The molecule has 1 N–H and O–H groups in total. The summed E-state index contributed by atoms with van der Waals surface area (Å²) in [4.78, 5) is 28.7. The Labute approximate surface area is 186 Å². The molecule has 1 saturated heterocycles. The maximum Gasteiger partial charge on any atom is 0.271 e. The smallest absolute Gasteiger partial charge is 0.271 e. The SMILES string of the molecule is C[C@@]1(C(=O)NC[C@H]2CCCO2)Cn2c(cc3ccccc32)C(=O)N1Cc1cccc(F)c1. The highest BCUT2D eigenvalue weighted by Gasteiger charge is 2.47. The van der Waals surface area contributed by atoms with Gasteiger partial charge in [0.2, 0.25) is 5.91 Å². The maximum absolute atomic E-state index is 13.8. The van der Waals surface area contributed by atoms with Crippen molar-refractivity contribution in [1.29, 1.82) is 0 Å². The van der Waals surface area contributed by atoms with Crippen LogP contribution in [-0.2, 0) is 22.6 Å². The van der Waals surface area contributed by atoms with Crippen LogP contribution >= 0.6 is 0 Å². The van der Waals surface area contributed by atoms with E-state index in [1.807, 2.05) is 34.9 Å². The average Bonchev–Trinajstić information content (AvgIpc) is 3.43. The molecular weight excluding hydrogens is 409 g/mol. The van der Waals surface area contributed by atoms with Crippen LogP contribution in [0.1, 0.15) is 35.8 Å². The molecule has 0 spiro atoms. The van der Waals surface area contributed by atoms with Crippen LogP contribution in [-0.4, -0.2) is 46.1 Å². The van der Waals surface area contributed by atoms with Crippen molar-refractivity contribution in [2.45, 2.75) is 44.5 Å². The number of amides is 2. The lowest BCUT2D eigenvalue weighted by molar-refractivity contribution is -0.133. The molecule has 3 aromatic rings. The molecule has 2 aliphatic rings. The monoisotopic (exact) mass is 435 g/mol. The van der Waals surface area contributed by atoms with Gasteiger partial charge < -0.3 is 19.5 Å². The first-order valence-corrected chi connectivity index (χ1v) is 11.0. The van der Waals surface area contributed by atoms with Gasteiger partial charge in [-0.15, -0.1) is 0 Å². The van der Waals surface area contributed by atoms with Crippen LogP contribution in [0.25, 0.3) is 10.9 Å². The molecule has 1 aromatic heterocycles. The molecule has 166 valence electrons. The number of halogens is 1. The topological polar surface area (TPSA) is 63.6 Å². The molecule has 0 bridgehead atoms. The molecule has 0 unspecified atom stereocenters. The first-order chi connectivity index (χ1) is 15.5. The Morgan fingerprint density at radius 3 is 2.84 bits per heavy atom. The number of fused-ring (bicyclic) bond motifs is 3. The van der Waals surface area contributed by atoms with Crippen LogP contribution in [0.5, 0.6) is 0 Å². The largest absolute Gasteiger partial charge is 0.376 e. The first-order valence-electron chi connectivity index (χ1n) is 11.0. The number of ether oxygens (including phenoxy) is 1. The van der Waals surface area contributed by atoms with E-state index in [0.29, 0.717) is 31.0 Å². The predicted octanol–water partition coefficient (Wildman–Crippen LogP) is 3.49. The molecule has 2 aliphatic heterocycles. The molecule has 5 rings (SSSR count). The van der Waals surface area contributed by atoms with Gasteiger partial charge in [-0.05, 0) is 49.6 Å². The number of rotatable bonds is 5. The van der Waals surface area contributed by atoms with Crippen molar-refractivity contribution in [2.24, 2.45) is 0 Å². The molecule has 2 atom stereocenters. The number of benzene rings is 2. The van der Waals surface area contributed by atoms with Gasteiger partial charge in [0.15, 0.2) is 0 Å². The zero-order valence-corrected chi connectivity index (χ0v) is 18.0. The number of nitrogens with one attached hydrogen (secondary N) is 1. The van der Waals surface area contributed by atoms with E-state index in [9.17, 15) is 14.0 Å². The van der Waals surface area contributed by atoms with E-state index in [-0.39, 0.29) is 30.3 Å². The predicted molar refractivity (Wildman–Crippen MR) is 119 cm³/mol. The van der Waals surface area contributed by atoms with Crippen LogP contribution in [0.2, 0.25) is 0 Å². The van der Waals surface area contributed by atoms with Gasteiger partial charge in [0.1, 0.15) is 17.1 Å². The third-order valence-electron chi connectivity index (χ3n) is 6.57. The molecular formula is C25H26FN3O3. The zero-order valence-electron chi connectivity index (χ0n) is 18.0. The Morgan fingerprint density at radius 1 is 1.22 bits per heavy atom. The Balaban J connectivity index is 1.52. The number of hydrogen-bond donors (Lipinski definition) is 1. The molecule has 7 heteroatoms. The van der Waals surface area contributed by atoms with Gasteiger partial charge in [-0.3, -0.25) is 9.59 Å². The lowest BCUT2D eigenvalue weighted by atomic mass is 9.93. The first kappa shape index (κ1) is 20.7. The maximum atomic E-state index is 13.8. The van der Waals surface area contributed by atoms with Crippen molar-refractivity contribution < 1.29 is 18.7 Å². The zero-order chi connectivity index (χ0) is 22.3. The number of carbonyl (C=O) groups is 2. The third kappa shape index (κ3) is 3.56. The van der Waals surface area contributed by atoms with Crippen LogP contribution in [0.3, 0.4) is 0 Å². The second kappa shape index (κ2) is 8.06. The van der Waals surface area contributed by atoms with E-state index in [1.165, 1.54) is 12.1 Å².